The molecule has 1 heterocycles. The van der Waals surface area contributed by atoms with Gasteiger partial charge in [0, 0.05) is 11.3 Å². The third-order valence-electron chi connectivity index (χ3n) is 3.26. The minimum Gasteiger partial charge on any atom is -0.342 e. The van der Waals surface area contributed by atoms with Crippen molar-refractivity contribution in [1.29, 1.82) is 0 Å². The number of H-pyrrole nitrogens is 1. The average Bonchev–Trinajstić information content (AvgIpc) is 2.80. The van der Waals surface area contributed by atoms with Gasteiger partial charge in [-0.25, -0.2) is 4.98 Å². The molecule has 0 aliphatic rings. The summed E-state index contributed by atoms with van der Waals surface area (Å²) >= 11 is 6.24. The standard InChI is InChI=1S/C16H21ClN2/c1-3-5-11-15-14(8-4-2)18-16(19-15)12-9-6-7-10-13(12)17/h6-7,9-10H,3-5,8,11H2,1-2H3,(H,18,19). The number of nitrogens with zero attached hydrogens (tertiary/aromatic N) is 1. The molecule has 3 heteroatoms. The molecule has 0 bridgehead atoms. The van der Waals surface area contributed by atoms with Crippen molar-refractivity contribution in [2.24, 2.45) is 0 Å². The Hall–Kier alpha value is -1.28. The van der Waals surface area contributed by atoms with Crippen molar-refractivity contribution in [1.82, 2.24) is 9.97 Å². The van der Waals surface area contributed by atoms with Crippen LogP contribution in [0.15, 0.2) is 24.3 Å². The third-order valence-corrected chi connectivity index (χ3v) is 3.59. The van der Waals surface area contributed by atoms with Gasteiger partial charge in [-0.15, -0.1) is 0 Å². The molecule has 1 N–H and O–H groups in total. The Bertz CT molecular complexity index is 531. The van der Waals surface area contributed by atoms with Gasteiger partial charge in [-0.2, -0.15) is 0 Å². The predicted molar refractivity (Wildman–Crippen MR) is 81.6 cm³/mol. The fourth-order valence-electron chi connectivity index (χ4n) is 2.23. The molecular weight excluding hydrogens is 256 g/mol. The van der Waals surface area contributed by atoms with Crippen molar-refractivity contribution in [3.05, 3.63) is 40.7 Å². The minimum atomic E-state index is 0.751. The number of imidazole rings is 1. The molecule has 2 nitrogen and oxygen atoms in total. The Kier molecular flexibility index (Phi) is 5.03. The molecule has 1 aromatic carbocycles. The van der Waals surface area contributed by atoms with Gasteiger partial charge in [0.1, 0.15) is 5.82 Å². The summed E-state index contributed by atoms with van der Waals surface area (Å²) in [5.41, 5.74) is 3.47. The Balaban J connectivity index is 2.34. The van der Waals surface area contributed by atoms with Crippen LogP contribution >= 0.6 is 11.6 Å². The molecule has 0 saturated heterocycles. The lowest BCUT2D eigenvalue weighted by Gasteiger charge is -1.99. The number of hydrogen-bond donors (Lipinski definition) is 1. The maximum absolute atomic E-state index is 6.24. The Morgan fingerprint density at radius 3 is 2.58 bits per heavy atom. The molecule has 0 atom stereocenters. The van der Waals surface area contributed by atoms with E-state index in [2.05, 4.69) is 18.8 Å². The zero-order chi connectivity index (χ0) is 13.7. The highest BCUT2D eigenvalue weighted by atomic mass is 35.5. The molecule has 0 saturated carbocycles. The number of benzene rings is 1. The summed E-state index contributed by atoms with van der Waals surface area (Å²) in [4.78, 5) is 8.21. The summed E-state index contributed by atoms with van der Waals surface area (Å²) in [7, 11) is 0. The molecule has 19 heavy (non-hydrogen) atoms. The molecule has 2 rings (SSSR count). The number of halogens is 1. The summed E-state index contributed by atoms with van der Waals surface area (Å²) in [5.74, 6) is 0.903. The number of rotatable bonds is 6. The monoisotopic (exact) mass is 276 g/mol. The normalized spacial score (nSPS) is 10.9. The van der Waals surface area contributed by atoms with Gasteiger partial charge in [-0.3, -0.25) is 0 Å². The van der Waals surface area contributed by atoms with Crippen LogP contribution in [0, 0.1) is 0 Å². The second-order valence-corrected chi connectivity index (χ2v) is 5.25. The van der Waals surface area contributed by atoms with Crippen LogP contribution in [0.4, 0.5) is 0 Å². The van der Waals surface area contributed by atoms with Crippen LogP contribution in [0.5, 0.6) is 0 Å². The highest BCUT2D eigenvalue weighted by Gasteiger charge is 2.12. The Labute approximate surface area is 120 Å². The van der Waals surface area contributed by atoms with Crippen molar-refractivity contribution < 1.29 is 0 Å². The van der Waals surface area contributed by atoms with Crippen molar-refractivity contribution in [3.8, 4) is 11.4 Å². The van der Waals surface area contributed by atoms with Crippen molar-refractivity contribution in [2.45, 2.75) is 46.0 Å². The fraction of sp³-hybridized carbons (Fsp3) is 0.438. The van der Waals surface area contributed by atoms with E-state index in [1.165, 1.54) is 24.2 Å². The van der Waals surface area contributed by atoms with E-state index in [0.29, 0.717) is 0 Å². The molecule has 0 unspecified atom stereocenters. The van der Waals surface area contributed by atoms with Gasteiger partial charge in [-0.1, -0.05) is 50.4 Å². The highest BCUT2D eigenvalue weighted by molar-refractivity contribution is 6.33. The van der Waals surface area contributed by atoms with Crippen LogP contribution in [0.1, 0.15) is 44.5 Å². The maximum Gasteiger partial charge on any atom is 0.139 e. The van der Waals surface area contributed by atoms with Crippen LogP contribution in [0.3, 0.4) is 0 Å². The van der Waals surface area contributed by atoms with Crippen molar-refractivity contribution >= 4 is 11.6 Å². The molecule has 1 aromatic heterocycles. The van der Waals surface area contributed by atoms with E-state index in [4.69, 9.17) is 16.6 Å². The number of hydrogen-bond acceptors (Lipinski definition) is 1. The van der Waals surface area contributed by atoms with E-state index in [0.717, 1.165) is 35.7 Å². The maximum atomic E-state index is 6.24. The Morgan fingerprint density at radius 2 is 1.89 bits per heavy atom. The van der Waals surface area contributed by atoms with Gasteiger partial charge in [0.05, 0.1) is 10.7 Å². The van der Waals surface area contributed by atoms with Crippen LogP contribution in [-0.2, 0) is 12.8 Å². The molecule has 2 aromatic rings. The van der Waals surface area contributed by atoms with Gasteiger partial charge in [0.15, 0.2) is 0 Å². The molecular formula is C16H21ClN2. The molecule has 0 amide bonds. The Morgan fingerprint density at radius 1 is 1.11 bits per heavy atom. The molecule has 0 spiro atoms. The van der Waals surface area contributed by atoms with E-state index >= 15 is 0 Å². The second kappa shape index (κ2) is 6.76. The summed E-state index contributed by atoms with van der Waals surface area (Å²) in [6.07, 6.45) is 5.61. The van der Waals surface area contributed by atoms with Gasteiger partial charge in [0.2, 0.25) is 0 Å². The number of aromatic amines is 1. The lowest BCUT2D eigenvalue weighted by Crippen LogP contribution is -1.92. The first-order valence-electron chi connectivity index (χ1n) is 7.08. The lowest BCUT2D eigenvalue weighted by molar-refractivity contribution is 0.763. The minimum absolute atomic E-state index is 0.751. The van der Waals surface area contributed by atoms with Crippen LogP contribution in [0.25, 0.3) is 11.4 Å². The van der Waals surface area contributed by atoms with E-state index in [1.54, 1.807) is 0 Å². The molecule has 0 fully saturated rings. The third kappa shape index (κ3) is 3.38. The van der Waals surface area contributed by atoms with Gasteiger partial charge in [0.25, 0.3) is 0 Å². The molecule has 0 aliphatic heterocycles. The first-order valence-corrected chi connectivity index (χ1v) is 7.46. The second-order valence-electron chi connectivity index (χ2n) is 4.84. The van der Waals surface area contributed by atoms with Gasteiger partial charge >= 0.3 is 0 Å². The van der Waals surface area contributed by atoms with Crippen LogP contribution in [-0.4, -0.2) is 9.97 Å². The fourth-order valence-corrected chi connectivity index (χ4v) is 2.46. The van der Waals surface area contributed by atoms with Gasteiger partial charge < -0.3 is 4.98 Å². The number of aryl methyl sites for hydroxylation is 2. The smallest absolute Gasteiger partial charge is 0.139 e. The first kappa shape index (κ1) is 14.1. The van der Waals surface area contributed by atoms with E-state index in [1.807, 2.05) is 24.3 Å². The van der Waals surface area contributed by atoms with Gasteiger partial charge in [-0.05, 0) is 31.4 Å². The molecule has 0 radical (unpaired) electrons. The largest absolute Gasteiger partial charge is 0.342 e. The quantitative estimate of drug-likeness (QED) is 0.788. The number of unbranched alkanes of at least 4 members (excludes halogenated alkanes) is 1. The first-order chi connectivity index (χ1) is 9.26. The zero-order valence-corrected chi connectivity index (χ0v) is 12.4. The SMILES string of the molecule is CCCCc1nc(-c2ccccc2Cl)[nH]c1CCC. The molecule has 102 valence electrons. The summed E-state index contributed by atoms with van der Waals surface area (Å²) in [6, 6.07) is 7.86. The number of aromatic nitrogens is 2. The van der Waals surface area contributed by atoms with E-state index < -0.39 is 0 Å². The average molecular weight is 277 g/mol. The van der Waals surface area contributed by atoms with E-state index in [-0.39, 0.29) is 0 Å². The highest BCUT2D eigenvalue weighted by Crippen LogP contribution is 2.27. The van der Waals surface area contributed by atoms with Crippen molar-refractivity contribution in [2.75, 3.05) is 0 Å². The predicted octanol–water partition coefficient (Wildman–Crippen LogP) is 5.03. The summed E-state index contributed by atoms with van der Waals surface area (Å²) in [6.45, 7) is 4.40. The van der Waals surface area contributed by atoms with Crippen molar-refractivity contribution in [3.63, 3.8) is 0 Å². The molecule has 0 aliphatic carbocycles. The lowest BCUT2D eigenvalue weighted by atomic mass is 10.1. The number of nitrogens with one attached hydrogen (secondary N) is 1. The zero-order valence-electron chi connectivity index (χ0n) is 11.7. The summed E-state index contributed by atoms with van der Waals surface area (Å²) < 4.78 is 0. The summed E-state index contributed by atoms with van der Waals surface area (Å²) in [5, 5.41) is 0.751. The topological polar surface area (TPSA) is 28.7 Å². The van der Waals surface area contributed by atoms with Crippen LogP contribution in [0.2, 0.25) is 5.02 Å². The van der Waals surface area contributed by atoms with E-state index in [9.17, 15) is 0 Å². The van der Waals surface area contributed by atoms with Crippen LogP contribution < -0.4 is 0 Å².